The molecular formula is C19H18FN5O3. The van der Waals surface area contributed by atoms with Crippen LogP contribution in [0.4, 0.5) is 9.18 Å². The third kappa shape index (κ3) is 4.64. The fourth-order valence-corrected chi connectivity index (χ4v) is 2.47. The number of urea groups is 1. The van der Waals surface area contributed by atoms with Crippen LogP contribution in [0.25, 0.3) is 5.69 Å². The van der Waals surface area contributed by atoms with Crippen molar-refractivity contribution in [3.8, 4) is 11.4 Å². The van der Waals surface area contributed by atoms with Gasteiger partial charge in [0.15, 0.2) is 11.4 Å². The molecule has 0 saturated carbocycles. The molecule has 1 heterocycles. The second-order valence-corrected chi connectivity index (χ2v) is 5.82. The number of hydrogen-bond acceptors (Lipinski definition) is 4. The average molecular weight is 383 g/mol. The summed E-state index contributed by atoms with van der Waals surface area (Å²) < 4.78 is 14.8. The number of benzene rings is 2. The lowest BCUT2D eigenvalue weighted by atomic mass is 10.1. The summed E-state index contributed by atoms with van der Waals surface area (Å²) in [5.74, 6) is -1.46. The number of carbonyl (C=O) groups is 2. The molecule has 0 unspecified atom stereocenters. The SMILES string of the molecule is O=C(NCCc1ccccc1F)NNC(=O)c1nn(-c2ccccc2)cc1O. The van der Waals surface area contributed by atoms with E-state index >= 15 is 0 Å². The Labute approximate surface area is 160 Å². The predicted octanol–water partition coefficient (Wildman–Crippen LogP) is 1.90. The first-order valence-corrected chi connectivity index (χ1v) is 8.46. The highest BCUT2D eigenvalue weighted by molar-refractivity contribution is 5.95. The lowest BCUT2D eigenvalue weighted by Crippen LogP contribution is -2.47. The number of nitrogens with one attached hydrogen (secondary N) is 3. The van der Waals surface area contributed by atoms with Gasteiger partial charge in [0.05, 0.1) is 11.9 Å². The van der Waals surface area contributed by atoms with E-state index in [2.05, 4.69) is 21.3 Å². The molecule has 8 nitrogen and oxygen atoms in total. The fraction of sp³-hybridized carbons (Fsp3) is 0.105. The fourth-order valence-electron chi connectivity index (χ4n) is 2.47. The van der Waals surface area contributed by atoms with Gasteiger partial charge >= 0.3 is 6.03 Å². The number of halogens is 1. The van der Waals surface area contributed by atoms with Gasteiger partial charge in [0.2, 0.25) is 0 Å². The molecule has 4 N–H and O–H groups in total. The van der Waals surface area contributed by atoms with E-state index in [1.54, 1.807) is 42.5 Å². The van der Waals surface area contributed by atoms with Crippen molar-refractivity contribution in [1.82, 2.24) is 25.9 Å². The van der Waals surface area contributed by atoms with Crippen LogP contribution in [0.1, 0.15) is 16.1 Å². The molecule has 0 saturated heterocycles. The quantitative estimate of drug-likeness (QED) is 0.505. The first-order chi connectivity index (χ1) is 13.5. The van der Waals surface area contributed by atoms with E-state index in [0.29, 0.717) is 17.7 Å². The zero-order valence-electron chi connectivity index (χ0n) is 14.7. The molecule has 144 valence electrons. The smallest absolute Gasteiger partial charge is 0.333 e. The average Bonchev–Trinajstić information content (AvgIpc) is 3.10. The Morgan fingerprint density at radius 3 is 2.50 bits per heavy atom. The Bertz CT molecular complexity index is 975. The number of para-hydroxylation sites is 1. The molecule has 3 amide bonds. The third-order valence-corrected chi connectivity index (χ3v) is 3.86. The van der Waals surface area contributed by atoms with Gasteiger partial charge in [0.1, 0.15) is 5.82 Å². The standard InChI is InChI=1S/C19H18FN5O3/c20-15-9-5-4-6-13(15)10-11-21-19(28)23-22-18(27)17-16(26)12-25(24-17)14-7-2-1-3-8-14/h1-9,12,26H,10-11H2,(H,22,27)(H2,21,23,28). The van der Waals surface area contributed by atoms with E-state index in [9.17, 15) is 19.1 Å². The van der Waals surface area contributed by atoms with Crippen LogP contribution in [0, 0.1) is 5.82 Å². The second kappa shape index (κ2) is 8.67. The summed E-state index contributed by atoms with van der Waals surface area (Å²) in [4.78, 5) is 23.9. The van der Waals surface area contributed by atoms with Gasteiger partial charge in [-0.2, -0.15) is 5.10 Å². The highest BCUT2D eigenvalue weighted by Gasteiger charge is 2.17. The molecule has 3 rings (SSSR count). The van der Waals surface area contributed by atoms with Gasteiger partial charge in [-0.1, -0.05) is 36.4 Å². The van der Waals surface area contributed by atoms with E-state index in [1.165, 1.54) is 16.9 Å². The molecule has 0 aliphatic rings. The molecule has 9 heteroatoms. The third-order valence-electron chi connectivity index (χ3n) is 3.86. The van der Waals surface area contributed by atoms with Crippen LogP contribution >= 0.6 is 0 Å². The van der Waals surface area contributed by atoms with Gasteiger partial charge in [0, 0.05) is 6.54 Å². The number of nitrogens with zero attached hydrogens (tertiary/aromatic N) is 2. The Balaban J connectivity index is 1.49. The zero-order chi connectivity index (χ0) is 19.9. The molecule has 2 aromatic carbocycles. The van der Waals surface area contributed by atoms with Gasteiger partial charge in [0.25, 0.3) is 5.91 Å². The lowest BCUT2D eigenvalue weighted by molar-refractivity contribution is 0.0928. The van der Waals surface area contributed by atoms with Crippen molar-refractivity contribution in [3.63, 3.8) is 0 Å². The van der Waals surface area contributed by atoms with Crippen molar-refractivity contribution < 1.29 is 19.1 Å². The Hall–Kier alpha value is -3.88. The summed E-state index contributed by atoms with van der Waals surface area (Å²) in [6, 6.07) is 14.5. The summed E-state index contributed by atoms with van der Waals surface area (Å²) in [6.45, 7) is 0.177. The van der Waals surface area contributed by atoms with Gasteiger partial charge in [-0.15, -0.1) is 0 Å². The Morgan fingerprint density at radius 1 is 1.04 bits per heavy atom. The number of amides is 3. The van der Waals surface area contributed by atoms with Crippen LogP contribution in [0.2, 0.25) is 0 Å². The molecule has 1 aromatic heterocycles. The summed E-state index contributed by atoms with van der Waals surface area (Å²) in [5, 5.41) is 16.4. The summed E-state index contributed by atoms with van der Waals surface area (Å²) >= 11 is 0. The number of carbonyl (C=O) groups excluding carboxylic acids is 2. The van der Waals surface area contributed by atoms with Crippen LogP contribution in [0.5, 0.6) is 5.75 Å². The van der Waals surface area contributed by atoms with Crippen LogP contribution in [-0.4, -0.2) is 33.4 Å². The van der Waals surface area contributed by atoms with Crippen molar-refractivity contribution in [2.24, 2.45) is 0 Å². The molecule has 0 spiro atoms. The van der Waals surface area contributed by atoms with Crippen molar-refractivity contribution in [1.29, 1.82) is 0 Å². The van der Waals surface area contributed by atoms with Crippen molar-refractivity contribution >= 4 is 11.9 Å². The molecule has 3 aromatic rings. The maximum atomic E-state index is 13.5. The maximum Gasteiger partial charge on any atom is 0.333 e. The van der Waals surface area contributed by atoms with E-state index in [-0.39, 0.29) is 23.8 Å². The number of hydrogen-bond donors (Lipinski definition) is 4. The molecule has 0 radical (unpaired) electrons. The molecule has 0 aliphatic carbocycles. The summed E-state index contributed by atoms with van der Waals surface area (Å²) in [7, 11) is 0. The monoisotopic (exact) mass is 383 g/mol. The molecule has 0 bridgehead atoms. The summed E-state index contributed by atoms with van der Waals surface area (Å²) in [5.41, 5.74) is 5.21. The maximum absolute atomic E-state index is 13.5. The molecule has 28 heavy (non-hydrogen) atoms. The number of aromatic nitrogens is 2. The van der Waals surface area contributed by atoms with Crippen LogP contribution in [-0.2, 0) is 6.42 Å². The topological polar surface area (TPSA) is 108 Å². The second-order valence-electron chi connectivity index (χ2n) is 5.82. The number of hydrazine groups is 1. The minimum atomic E-state index is -0.781. The number of rotatable bonds is 5. The molecule has 0 atom stereocenters. The minimum absolute atomic E-state index is 0.177. The first-order valence-electron chi connectivity index (χ1n) is 8.46. The zero-order valence-corrected chi connectivity index (χ0v) is 14.7. The normalized spacial score (nSPS) is 10.3. The number of aromatic hydroxyl groups is 1. The van der Waals surface area contributed by atoms with Gasteiger partial charge in [-0.05, 0) is 30.2 Å². The van der Waals surface area contributed by atoms with E-state index < -0.39 is 11.9 Å². The van der Waals surface area contributed by atoms with Crippen molar-refractivity contribution in [3.05, 3.63) is 77.9 Å². The minimum Gasteiger partial charge on any atom is -0.504 e. The van der Waals surface area contributed by atoms with Crippen LogP contribution in [0.3, 0.4) is 0 Å². The van der Waals surface area contributed by atoms with Crippen molar-refractivity contribution in [2.75, 3.05) is 6.54 Å². The largest absolute Gasteiger partial charge is 0.504 e. The Kier molecular flexibility index (Phi) is 5.85. The van der Waals surface area contributed by atoms with Gasteiger partial charge in [-0.25, -0.2) is 19.3 Å². The van der Waals surface area contributed by atoms with Gasteiger partial charge in [-0.3, -0.25) is 10.2 Å². The van der Waals surface area contributed by atoms with E-state index in [0.717, 1.165) is 0 Å². The van der Waals surface area contributed by atoms with E-state index in [4.69, 9.17) is 0 Å². The predicted molar refractivity (Wildman–Crippen MR) is 99.3 cm³/mol. The highest BCUT2D eigenvalue weighted by atomic mass is 19.1. The lowest BCUT2D eigenvalue weighted by Gasteiger charge is -2.08. The first kappa shape index (κ1) is 18.9. The van der Waals surface area contributed by atoms with Crippen molar-refractivity contribution in [2.45, 2.75) is 6.42 Å². The van der Waals surface area contributed by atoms with Crippen LogP contribution in [0.15, 0.2) is 60.8 Å². The van der Waals surface area contributed by atoms with Crippen LogP contribution < -0.4 is 16.2 Å². The molecule has 0 fully saturated rings. The molecular weight excluding hydrogens is 365 g/mol. The Morgan fingerprint density at radius 2 is 1.75 bits per heavy atom. The molecule has 0 aliphatic heterocycles. The van der Waals surface area contributed by atoms with E-state index in [1.807, 2.05) is 6.07 Å². The summed E-state index contributed by atoms with van der Waals surface area (Å²) in [6.07, 6.45) is 1.59. The van der Waals surface area contributed by atoms with Gasteiger partial charge < -0.3 is 10.4 Å². The highest BCUT2D eigenvalue weighted by Crippen LogP contribution is 2.17.